The van der Waals surface area contributed by atoms with Gasteiger partial charge in [-0.3, -0.25) is 0 Å². The Balaban J connectivity index is 2.05. The molecular weight excluding hydrogens is 471 g/mol. The molecular formula is C15H7Br2FO5S. The largest absolute Gasteiger partial charge is 0.423 e. The minimum atomic E-state index is -4.25. The second-order valence-corrected chi connectivity index (χ2v) is 7.88. The molecule has 0 saturated heterocycles. The predicted molar refractivity (Wildman–Crippen MR) is 92.1 cm³/mol. The van der Waals surface area contributed by atoms with Gasteiger partial charge in [0.15, 0.2) is 0 Å². The molecule has 0 fully saturated rings. The van der Waals surface area contributed by atoms with E-state index in [1.54, 1.807) is 12.1 Å². The van der Waals surface area contributed by atoms with E-state index in [4.69, 9.17) is 8.60 Å². The van der Waals surface area contributed by atoms with Gasteiger partial charge >= 0.3 is 15.7 Å². The Morgan fingerprint density at radius 1 is 1.00 bits per heavy atom. The number of rotatable bonds is 3. The van der Waals surface area contributed by atoms with Crippen LogP contribution in [0.15, 0.2) is 65.5 Å². The molecule has 0 atom stereocenters. The van der Waals surface area contributed by atoms with Crippen molar-refractivity contribution >= 4 is 52.9 Å². The molecule has 0 N–H and O–H groups in total. The van der Waals surface area contributed by atoms with Crippen molar-refractivity contribution in [1.29, 1.82) is 0 Å². The van der Waals surface area contributed by atoms with E-state index in [0.29, 0.717) is 5.39 Å². The maximum atomic E-state index is 13.3. The molecule has 0 radical (unpaired) electrons. The second-order valence-electron chi connectivity index (χ2n) is 4.69. The molecule has 9 heteroatoms. The number of fused-ring (bicyclic) bond motifs is 1. The van der Waals surface area contributed by atoms with Gasteiger partial charge in [0.05, 0.1) is 0 Å². The number of hydrogen-bond donors (Lipinski definition) is 0. The Kier molecular flexibility index (Phi) is 4.50. The predicted octanol–water partition coefficient (Wildman–Crippen LogP) is 4.22. The van der Waals surface area contributed by atoms with E-state index in [0.717, 1.165) is 12.1 Å². The molecule has 0 amide bonds. The minimum Gasteiger partial charge on any atom is -0.423 e. The van der Waals surface area contributed by atoms with Crippen LogP contribution in [0.2, 0.25) is 0 Å². The Hall–Kier alpha value is -1.71. The third-order valence-corrected chi connectivity index (χ3v) is 6.14. The summed E-state index contributed by atoms with van der Waals surface area (Å²) in [6.45, 7) is 0. The summed E-state index contributed by atoms with van der Waals surface area (Å²) in [4.78, 5) is 11.0. The van der Waals surface area contributed by atoms with Gasteiger partial charge in [0, 0.05) is 26.5 Å². The van der Waals surface area contributed by atoms with Crippen molar-refractivity contribution in [2.45, 2.75) is 4.90 Å². The lowest BCUT2D eigenvalue weighted by Gasteiger charge is -2.10. The van der Waals surface area contributed by atoms with Gasteiger partial charge in [0.25, 0.3) is 0 Å². The van der Waals surface area contributed by atoms with Crippen LogP contribution in [-0.4, -0.2) is 8.42 Å². The average molecular weight is 478 g/mol. The highest BCUT2D eigenvalue weighted by Gasteiger charge is 2.24. The summed E-state index contributed by atoms with van der Waals surface area (Å²) in [5.41, 5.74) is -0.376. The lowest BCUT2D eigenvalue weighted by atomic mass is 10.2. The third-order valence-electron chi connectivity index (χ3n) is 3.01. The van der Waals surface area contributed by atoms with Crippen LogP contribution in [0.5, 0.6) is 5.75 Å². The zero-order valence-corrected chi connectivity index (χ0v) is 15.6. The molecule has 24 heavy (non-hydrogen) atoms. The molecule has 0 saturated carbocycles. The van der Waals surface area contributed by atoms with Gasteiger partial charge in [-0.25, -0.2) is 9.18 Å². The summed E-state index contributed by atoms with van der Waals surface area (Å²) in [5.74, 6) is -0.653. The SMILES string of the molecule is O=c1ccc2ccc(OS(=O)(=O)c3c(Br)cc(F)cc3Br)cc2o1. The molecule has 0 spiro atoms. The Bertz CT molecular complexity index is 1090. The topological polar surface area (TPSA) is 73.6 Å². The Morgan fingerprint density at radius 2 is 1.62 bits per heavy atom. The zero-order chi connectivity index (χ0) is 17.5. The molecule has 1 heterocycles. The molecule has 124 valence electrons. The molecule has 0 unspecified atom stereocenters. The van der Waals surface area contributed by atoms with E-state index in [1.807, 2.05) is 0 Å². The van der Waals surface area contributed by atoms with Crippen LogP contribution < -0.4 is 9.81 Å². The van der Waals surface area contributed by atoms with Crippen molar-refractivity contribution in [2.75, 3.05) is 0 Å². The zero-order valence-electron chi connectivity index (χ0n) is 11.6. The van der Waals surface area contributed by atoms with Gasteiger partial charge in [-0.05, 0) is 62.2 Å². The molecule has 0 bridgehead atoms. The van der Waals surface area contributed by atoms with E-state index in [2.05, 4.69) is 31.9 Å². The van der Waals surface area contributed by atoms with Gasteiger partial charge in [0.1, 0.15) is 22.0 Å². The fraction of sp³-hybridized carbons (Fsp3) is 0. The first-order valence-corrected chi connectivity index (χ1v) is 9.39. The fourth-order valence-corrected chi connectivity index (χ4v) is 5.38. The van der Waals surface area contributed by atoms with Crippen LogP contribution in [-0.2, 0) is 10.1 Å². The monoisotopic (exact) mass is 476 g/mol. The minimum absolute atomic E-state index is 0.0155. The van der Waals surface area contributed by atoms with Crippen molar-refractivity contribution < 1.29 is 21.4 Å². The normalized spacial score (nSPS) is 11.6. The molecule has 2 aromatic carbocycles. The smallest absolute Gasteiger partial charge is 0.341 e. The summed E-state index contributed by atoms with van der Waals surface area (Å²) >= 11 is 6.01. The lowest BCUT2D eigenvalue weighted by Crippen LogP contribution is -2.11. The number of hydrogen-bond acceptors (Lipinski definition) is 5. The first-order valence-electron chi connectivity index (χ1n) is 6.39. The van der Waals surface area contributed by atoms with E-state index in [9.17, 15) is 17.6 Å². The summed E-state index contributed by atoms with van der Waals surface area (Å²) in [7, 11) is -4.25. The second kappa shape index (κ2) is 6.30. The molecule has 1 aromatic heterocycles. The van der Waals surface area contributed by atoms with E-state index < -0.39 is 21.6 Å². The van der Waals surface area contributed by atoms with E-state index >= 15 is 0 Å². The number of benzene rings is 2. The fourth-order valence-electron chi connectivity index (χ4n) is 2.03. The van der Waals surface area contributed by atoms with Crippen molar-refractivity contribution in [3.8, 4) is 5.75 Å². The van der Waals surface area contributed by atoms with Crippen LogP contribution in [0.3, 0.4) is 0 Å². The van der Waals surface area contributed by atoms with Crippen molar-refractivity contribution in [2.24, 2.45) is 0 Å². The first kappa shape index (κ1) is 17.1. The highest BCUT2D eigenvalue weighted by molar-refractivity contribution is 9.11. The van der Waals surface area contributed by atoms with Crippen molar-refractivity contribution in [1.82, 2.24) is 0 Å². The third kappa shape index (κ3) is 3.38. The summed E-state index contributed by atoms with van der Waals surface area (Å²) < 4.78 is 48.3. The highest BCUT2D eigenvalue weighted by Crippen LogP contribution is 2.33. The van der Waals surface area contributed by atoms with Gasteiger partial charge in [-0.1, -0.05) is 0 Å². The van der Waals surface area contributed by atoms with E-state index in [-0.39, 0.29) is 25.2 Å². The maximum Gasteiger partial charge on any atom is 0.341 e. The summed E-state index contributed by atoms with van der Waals surface area (Å²) in [6, 6.07) is 9.10. The lowest BCUT2D eigenvalue weighted by molar-refractivity contribution is 0.483. The van der Waals surface area contributed by atoms with Crippen LogP contribution in [0.1, 0.15) is 0 Å². The Labute approximate surface area is 152 Å². The van der Waals surface area contributed by atoms with E-state index in [1.165, 1.54) is 18.2 Å². The molecule has 0 aliphatic carbocycles. The highest BCUT2D eigenvalue weighted by atomic mass is 79.9. The molecule has 3 aromatic rings. The average Bonchev–Trinajstić information content (AvgIpc) is 2.44. The quantitative estimate of drug-likeness (QED) is 0.417. The summed E-state index contributed by atoms with van der Waals surface area (Å²) in [6.07, 6.45) is 0. The molecule has 0 aliphatic heterocycles. The van der Waals surface area contributed by atoms with Gasteiger partial charge in [-0.15, -0.1) is 0 Å². The molecule has 5 nitrogen and oxygen atoms in total. The maximum absolute atomic E-state index is 13.3. The van der Waals surface area contributed by atoms with Gasteiger partial charge in [-0.2, -0.15) is 8.42 Å². The Morgan fingerprint density at radius 3 is 2.29 bits per heavy atom. The van der Waals surface area contributed by atoms with Crippen LogP contribution in [0.25, 0.3) is 11.0 Å². The number of halogens is 3. The van der Waals surface area contributed by atoms with Gasteiger partial charge < -0.3 is 8.60 Å². The van der Waals surface area contributed by atoms with Crippen LogP contribution in [0, 0.1) is 5.82 Å². The molecule has 3 rings (SSSR count). The first-order chi connectivity index (χ1) is 11.3. The van der Waals surface area contributed by atoms with Crippen LogP contribution in [0.4, 0.5) is 4.39 Å². The van der Waals surface area contributed by atoms with Crippen molar-refractivity contribution in [3.05, 3.63) is 67.6 Å². The standard InChI is InChI=1S/C15H7Br2FO5S/c16-11-5-9(18)6-12(17)15(11)24(20,21)23-10-3-1-8-2-4-14(19)22-13(8)7-10/h1-7H. The summed E-state index contributed by atoms with van der Waals surface area (Å²) in [5, 5.41) is 0.614. The van der Waals surface area contributed by atoms with Gasteiger partial charge in [0.2, 0.25) is 0 Å². The van der Waals surface area contributed by atoms with Crippen molar-refractivity contribution in [3.63, 3.8) is 0 Å². The van der Waals surface area contributed by atoms with Crippen LogP contribution >= 0.6 is 31.9 Å². The molecule has 0 aliphatic rings.